The van der Waals surface area contributed by atoms with E-state index in [4.69, 9.17) is 29.2 Å². The Morgan fingerprint density at radius 1 is 1.18 bits per heavy atom. The van der Waals surface area contributed by atoms with Gasteiger partial charge in [0.15, 0.2) is 5.76 Å². The molecule has 17 heavy (non-hydrogen) atoms. The molecule has 0 aromatic heterocycles. The maximum atomic E-state index is 5.29. The lowest BCUT2D eigenvalue weighted by atomic mass is 10.2. The number of hydrogen-bond donors (Lipinski definition) is 1. The molecule has 0 unspecified atom stereocenters. The van der Waals surface area contributed by atoms with Crippen molar-refractivity contribution in [1.29, 1.82) is 0 Å². The molecule has 1 aliphatic rings. The summed E-state index contributed by atoms with van der Waals surface area (Å²) >= 11 is 9.96. The van der Waals surface area contributed by atoms with Crippen LogP contribution < -0.4 is 10.2 Å². The van der Waals surface area contributed by atoms with Gasteiger partial charge in [0, 0.05) is 19.8 Å². The Bertz CT molecular complexity index is 492. The third-order valence-corrected chi connectivity index (χ3v) is 2.84. The quantitative estimate of drug-likeness (QED) is 0.653. The van der Waals surface area contributed by atoms with E-state index >= 15 is 0 Å². The molecule has 0 saturated carbocycles. The van der Waals surface area contributed by atoms with E-state index in [0.29, 0.717) is 15.9 Å². The minimum Gasteiger partial charge on any atom is -0.428 e. The summed E-state index contributed by atoms with van der Waals surface area (Å²) in [5, 5.41) is 3.09. The number of hydrogen-bond acceptors (Lipinski definition) is 4. The van der Waals surface area contributed by atoms with Gasteiger partial charge in [-0.2, -0.15) is 0 Å². The Kier molecular flexibility index (Phi) is 3.40. The van der Waals surface area contributed by atoms with Gasteiger partial charge in [0.1, 0.15) is 4.99 Å². The van der Waals surface area contributed by atoms with Gasteiger partial charge in [-0.25, -0.2) is 0 Å². The summed E-state index contributed by atoms with van der Waals surface area (Å²) in [6.45, 7) is 0. The molecule has 1 fully saturated rings. The summed E-state index contributed by atoms with van der Waals surface area (Å²) in [5.74, 6) is 0.600. The minimum absolute atomic E-state index is 0.311. The molecule has 0 radical (unpaired) electrons. The zero-order valence-electron chi connectivity index (χ0n) is 9.56. The van der Waals surface area contributed by atoms with Gasteiger partial charge in [0.05, 0.1) is 0 Å². The molecule has 1 aromatic rings. The van der Waals surface area contributed by atoms with E-state index in [1.165, 1.54) is 0 Å². The lowest BCUT2D eigenvalue weighted by Crippen LogP contribution is -2.16. The average molecular weight is 264 g/mol. The first-order valence-electron chi connectivity index (χ1n) is 5.08. The fraction of sp³-hybridized carbons (Fsp3) is 0.167. The summed E-state index contributed by atoms with van der Waals surface area (Å²) in [6.07, 6.45) is 1.87. The summed E-state index contributed by atoms with van der Waals surface area (Å²) in [7, 11) is 4.01. The van der Waals surface area contributed by atoms with Crippen molar-refractivity contribution in [2.45, 2.75) is 0 Å². The smallest absolute Gasteiger partial charge is 0.267 e. The zero-order valence-corrected chi connectivity index (χ0v) is 11.2. The van der Waals surface area contributed by atoms with Gasteiger partial charge in [-0.15, -0.1) is 0 Å². The van der Waals surface area contributed by atoms with Crippen molar-refractivity contribution in [2.75, 3.05) is 19.0 Å². The standard InChI is InChI=1S/C12H12N2OS2/c1-14(2)9-5-3-8(4-6-9)7-10-11(16)13-12(17)15-10/h3-7H,1-2H3,(H,13,16,17). The lowest BCUT2D eigenvalue weighted by Gasteiger charge is -2.11. The second-order valence-corrected chi connectivity index (χ2v) is 4.62. The minimum atomic E-state index is 0.311. The Labute approximate surface area is 111 Å². The van der Waals surface area contributed by atoms with Crippen LogP contribution in [0, 0.1) is 0 Å². The molecule has 1 saturated heterocycles. The first-order chi connectivity index (χ1) is 8.06. The predicted octanol–water partition coefficient (Wildman–Crippen LogP) is 2.33. The maximum absolute atomic E-state index is 5.29. The highest BCUT2D eigenvalue weighted by molar-refractivity contribution is 7.82. The van der Waals surface area contributed by atoms with Crippen molar-refractivity contribution in [2.24, 2.45) is 0 Å². The number of rotatable bonds is 2. The second kappa shape index (κ2) is 4.81. The Morgan fingerprint density at radius 3 is 2.29 bits per heavy atom. The molecule has 0 atom stereocenters. The van der Waals surface area contributed by atoms with Crippen molar-refractivity contribution >= 4 is 46.4 Å². The van der Waals surface area contributed by atoms with Crippen LogP contribution in [-0.2, 0) is 4.74 Å². The summed E-state index contributed by atoms with van der Waals surface area (Å²) < 4.78 is 5.29. The van der Waals surface area contributed by atoms with Crippen molar-refractivity contribution in [3.05, 3.63) is 35.6 Å². The van der Waals surface area contributed by atoms with Crippen LogP contribution in [0.25, 0.3) is 6.08 Å². The molecule has 88 valence electrons. The van der Waals surface area contributed by atoms with Crippen LogP contribution in [0.2, 0.25) is 0 Å². The van der Waals surface area contributed by atoms with E-state index in [9.17, 15) is 0 Å². The molecule has 3 nitrogen and oxygen atoms in total. The Morgan fingerprint density at radius 2 is 1.82 bits per heavy atom. The number of benzene rings is 1. The maximum Gasteiger partial charge on any atom is 0.267 e. The highest BCUT2D eigenvalue weighted by atomic mass is 32.1. The molecule has 1 N–H and O–H groups in total. The average Bonchev–Trinajstić information content (AvgIpc) is 2.58. The van der Waals surface area contributed by atoms with Crippen molar-refractivity contribution in [3.63, 3.8) is 0 Å². The van der Waals surface area contributed by atoms with Crippen molar-refractivity contribution in [3.8, 4) is 0 Å². The van der Waals surface area contributed by atoms with Crippen LogP contribution in [0.3, 0.4) is 0 Å². The predicted molar refractivity (Wildman–Crippen MR) is 78.2 cm³/mol. The van der Waals surface area contributed by atoms with E-state index in [1.54, 1.807) is 0 Å². The molecular formula is C12H12N2OS2. The van der Waals surface area contributed by atoms with Crippen LogP contribution in [0.15, 0.2) is 30.0 Å². The van der Waals surface area contributed by atoms with Gasteiger partial charge in [-0.3, -0.25) is 0 Å². The van der Waals surface area contributed by atoms with Crippen LogP contribution in [0.4, 0.5) is 5.69 Å². The molecule has 0 bridgehead atoms. The third kappa shape index (κ3) is 2.81. The monoisotopic (exact) mass is 264 g/mol. The molecule has 5 heteroatoms. The Balaban J connectivity index is 2.21. The number of nitrogens with one attached hydrogen (secondary N) is 1. The van der Waals surface area contributed by atoms with E-state index in [-0.39, 0.29) is 0 Å². The van der Waals surface area contributed by atoms with Gasteiger partial charge < -0.3 is 15.0 Å². The highest BCUT2D eigenvalue weighted by Gasteiger charge is 2.18. The number of nitrogens with zero attached hydrogens (tertiary/aromatic N) is 1. The molecule has 2 rings (SSSR count). The zero-order chi connectivity index (χ0) is 12.4. The van der Waals surface area contributed by atoms with Crippen LogP contribution in [0.5, 0.6) is 0 Å². The summed E-state index contributed by atoms with van der Waals surface area (Å²) in [5.41, 5.74) is 2.18. The molecule has 1 heterocycles. The van der Waals surface area contributed by atoms with Crippen molar-refractivity contribution in [1.82, 2.24) is 5.32 Å². The third-order valence-electron chi connectivity index (χ3n) is 2.35. The highest BCUT2D eigenvalue weighted by Crippen LogP contribution is 2.17. The lowest BCUT2D eigenvalue weighted by molar-refractivity contribution is 0.471. The van der Waals surface area contributed by atoms with E-state index in [2.05, 4.69) is 5.32 Å². The number of anilines is 1. The fourth-order valence-corrected chi connectivity index (χ4v) is 1.89. The molecule has 0 aliphatic carbocycles. The largest absolute Gasteiger partial charge is 0.428 e. The van der Waals surface area contributed by atoms with Crippen molar-refractivity contribution < 1.29 is 4.74 Å². The van der Waals surface area contributed by atoms with E-state index in [0.717, 1.165) is 11.3 Å². The van der Waals surface area contributed by atoms with Gasteiger partial charge in [0.25, 0.3) is 5.17 Å². The summed E-state index contributed by atoms with van der Waals surface area (Å²) in [4.78, 5) is 2.58. The van der Waals surface area contributed by atoms with Gasteiger partial charge in [-0.05, 0) is 36.0 Å². The topological polar surface area (TPSA) is 24.5 Å². The van der Waals surface area contributed by atoms with Crippen LogP contribution in [-0.4, -0.2) is 24.3 Å². The van der Waals surface area contributed by atoms with Crippen LogP contribution in [0.1, 0.15) is 5.56 Å². The molecule has 0 spiro atoms. The van der Waals surface area contributed by atoms with E-state index < -0.39 is 0 Å². The van der Waals surface area contributed by atoms with E-state index in [1.807, 2.05) is 49.3 Å². The number of ether oxygens (including phenoxy) is 1. The first kappa shape index (κ1) is 12.0. The van der Waals surface area contributed by atoms with Crippen LogP contribution >= 0.6 is 24.4 Å². The summed E-state index contributed by atoms with van der Waals surface area (Å²) in [6, 6.07) is 8.09. The van der Waals surface area contributed by atoms with Gasteiger partial charge in [-0.1, -0.05) is 24.4 Å². The Hall–Kier alpha value is -1.46. The second-order valence-electron chi connectivity index (χ2n) is 3.84. The molecule has 1 aromatic carbocycles. The number of thiocarbonyl (C=S) groups is 2. The van der Waals surface area contributed by atoms with Gasteiger partial charge in [0.2, 0.25) is 0 Å². The molecule has 1 aliphatic heterocycles. The molecule has 0 amide bonds. The normalized spacial score (nSPS) is 16.9. The fourth-order valence-electron chi connectivity index (χ4n) is 1.44. The van der Waals surface area contributed by atoms with Gasteiger partial charge >= 0.3 is 0 Å². The SMILES string of the molecule is CN(C)c1ccc(C=C2OC(=S)NC2=S)cc1. The molecular weight excluding hydrogens is 252 g/mol. The first-order valence-corrected chi connectivity index (χ1v) is 5.90.